The molecule has 1 rings (SSSR count). The summed E-state index contributed by atoms with van der Waals surface area (Å²) in [5.41, 5.74) is 3.14. The predicted molar refractivity (Wildman–Crippen MR) is 59.5 cm³/mol. The highest BCUT2D eigenvalue weighted by molar-refractivity contribution is 5.55. The van der Waals surface area contributed by atoms with E-state index in [2.05, 4.69) is 31.7 Å². The van der Waals surface area contributed by atoms with Crippen molar-refractivity contribution < 1.29 is 0 Å². The molecule has 0 N–H and O–H groups in total. The van der Waals surface area contributed by atoms with Gasteiger partial charge in [0.25, 0.3) is 0 Å². The van der Waals surface area contributed by atoms with Crippen LogP contribution in [0.25, 0.3) is 0 Å². The van der Waals surface area contributed by atoms with Crippen molar-refractivity contribution in [2.45, 2.75) is 20.8 Å². The monoisotopic (exact) mass is 188 g/mol. The van der Waals surface area contributed by atoms with Gasteiger partial charge in [0.2, 0.25) is 0 Å². The number of nitrogens with zero attached hydrogens (tertiary/aromatic N) is 2. The van der Waals surface area contributed by atoms with Gasteiger partial charge in [0.05, 0.1) is 11.6 Å². The van der Waals surface area contributed by atoms with Crippen LogP contribution in [0.4, 0.5) is 5.69 Å². The fourth-order valence-corrected chi connectivity index (χ4v) is 1.64. The topological polar surface area (TPSA) is 27.0 Å². The van der Waals surface area contributed by atoms with Crippen LogP contribution in [0.3, 0.4) is 0 Å². The van der Waals surface area contributed by atoms with Crippen LogP contribution in [0.5, 0.6) is 0 Å². The Morgan fingerprint density at radius 2 is 1.93 bits per heavy atom. The first-order valence-electron chi connectivity index (χ1n) is 4.98. The third-order valence-electron chi connectivity index (χ3n) is 2.43. The molecule has 0 atom stereocenters. The van der Waals surface area contributed by atoms with Crippen molar-refractivity contribution in [2.75, 3.05) is 18.0 Å². The smallest absolute Gasteiger partial charge is 0.0991 e. The first-order chi connectivity index (χ1) is 6.72. The number of benzene rings is 1. The van der Waals surface area contributed by atoms with Crippen molar-refractivity contribution in [3.05, 3.63) is 29.3 Å². The maximum Gasteiger partial charge on any atom is 0.0991 e. The minimum absolute atomic E-state index is 0.735. The van der Waals surface area contributed by atoms with E-state index < -0.39 is 0 Å². The molecule has 14 heavy (non-hydrogen) atoms. The summed E-state index contributed by atoms with van der Waals surface area (Å²) >= 11 is 0. The van der Waals surface area contributed by atoms with Gasteiger partial charge in [-0.3, -0.25) is 0 Å². The molecule has 0 saturated heterocycles. The van der Waals surface area contributed by atoms with E-state index in [1.54, 1.807) is 0 Å². The molecule has 0 aromatic heterocycles. The molecule has 0 fully saturated rings. The number of aryl methyl sites for hydroxylation is 1. The van der Waals surface area contributed by atoms with Gasteiger partial charge in [-0.25, -0.2) is 0 Å². The summed E-state index contributed by atoms with van der Waals surface area (Å²) in [6, 6.07) is 7.99. The van der Waals surface area contributed by atoms with Crippen LogP contribution in [-0.2, 0) is 0 Å². The average molecular weight is 188 g/mol. The molecule has 1 aromatic carbocycles. The zero-order valence-electron chi connectivity index (χ0n) is 9.04. The lowest BCUT2D eigenvalue weighted by Gasteiger charge is -2.23. The normalized spacial score (nSPS) is 9.57. The second-order valence-electron chi connectivity index (χ2n) is 3.29. The summed E-state index contributed by atoms with van der Waals surface area (Å²) in [5, 5.41) is 8.74. The lowest BCUT2D eigenvalue weighted by molar-refractivity contribution is 0.861. The van der Waals surface area contributed by atoms with Crippen LogP contribution in [0.1, 0.15) is 25.0 Å². The minimum Gasteiger partial charge on any atom is -0.372 e. The van der Waals surface area contributed by atoms with E-state index in [1.165, 1.54) is 11.3 Å². The van der Waals surface area contributed by atoms with Crippen LogP contribution in [0.2, 0.25) is 0 Å². The van der Waals surface area contributed by atoms with Gasteiger partial charge in [-0.2, -0.15) is 5.26 Å². The summed E-state index contributed by atoms with van der Waals surface area (Å²) in [5.74, 6) is 0. The van der Waals surface area contributed by atoms with Gasteiger partial charge in [0.15, 0.2) is 0 Å². The molecule has 0 aliphatic carbocycles. The van der Waals surface area contributed by atoms with E-state index in [4.69, 9.17) is 5.26 Å². The Bertz CT molecular complexity index is 346. The molecular weight excluding hydrogens is 172 g/mol. The highest BCUT2D eigenvalue weighted by Gasteiger charge is 2.05. The summed E-state index contributed by atoms with van der Waals surface area (Å²) in [6.45, 7) is 8.34. The standard InChI is InChI=1S/C12H16N2/c1-4-14(5-2)12-7-6-11(9-13)8-10(12)3/h6-8H,4-5H2,1-3H3. The van der Waals surface area contributed by atoms with Gasteiger partial charge in [0.1, 0.15) is 0 Å². The maximum atomic E-state index is 8.74. The highest BCUT2D eigenvalue weighted by Crippen LogP contribution is 2.20. The van der Waals surface area contributed by atoms with Crippen molar-refractivity contribution in [3.8, 4) is 6.07 Å². The van der Waals surface area contributed by atoms with Gasteiger partial charge in [-0.15, -0.1) is 0 Å². The molecule has 0 heterocycles. The number of hydrogen-bond donors (Lipinski definition) is 0. The SMILES string of the molecule is CCN(CC)c1ccc(C#N)cc1C. The van der Waals surface area contributed by atoms with Crippen LogP contribution >= 0.6 is 0 Å². The Labute approximate surface area is 85.8 Å². The summed E-state index contributed by atoms with van der Waals surface area (Å²) in [4.78, 5) is 2.29. The number of rotatable bonds is 3. The van der Waals surface area contributed by atoms with Gasteiger partial charge >= 0.3 is 0 Å². The molecule has 2 nitrogen and oxygen atoms in total. The first kappa shape index (κ1) is 10.6. The predicted octanol–water partition coefficient (Wildman–Crippen LogP) is 2.71. The molecular formula is C12H16N2. The molecule has 2 heteroatoms. The molecule has 0 spiro atoms. The Hall–Kier alpha value is -1.49. The molecule has 0 aliphatic heterocycles. The molecule has 0 unspecified atom stereocenters. The quantitative estimate of drug-likeness (QED) is 0.729. The third kappa shape index (κ3) is 2.05. The van der Waals surface area contributed by atoms with Crippen molar-refractivity contribution >= 4 is 5.69 Å². The zero-order chi connectivity index (χ0) is 10.6. The Morgan fingerprint density at radius 3 is 2.36 bits per heavy atom. The Morgan fingerprint density at radius 1 is 1.29 bits per heavy atom. The van der Waals surface area contributed by atoms with Crippen molar-refractivity contribution in [1.82, 2.24) is 0 Å². The first-order valence-corrected chi connectivity index (χ1v) is 4.98. The molecule has 0 bridgehead atoms. The Kier molecular flexibility index (Phi) is 3.53. The van der Waals surface area contributed by atoms with Crippen LogP contribution < -0.4 is 4.90 Å². The molecule has 74 valence electrons. The van der Waals surface area contributed by atoms with Crippen LogP contribution in [-0.4, -0.2) is 13.1 Å². The maximum absolute atomic E-state index is 8.74. The zero-order valence-corrected chi connectivity index (χ0v) is 9.04. The van der Waals surface area contributed by atoms with E-state index in [1.807, 2.05) is 18.2 Å². The number of hydrogen-bond acceptors (Lipinski definition) is 2. The van der Waals surface area contributed by atoms with E-state index in [9.17, 15) is 0 Å². The van der Waals surface area contributed by atoms with Gasteiger partial charge in [-0.1, -0.05) is 0 Å². The molecule has 0 amide bonds. The van der Waals surface area contributed by atoms with Gasteiger partial charge in [-0.05, 0) is 44.5 Å². The van der Waals surface area contributed by atoms with E-state index in [0.29, 0.717) is 0 Å². The molecule has 1 aromatic rings. The van der Waals surface area contributed by atoms with Crippen molar-refractivity contribution in [2.24, 2.45) is 0 Å². The molecule has 0 aliphatic rings. The van der Waals surface area contributed by atoms with Crippen LogP contribution in [0.15, 0.2) is 18.2 Å². The van der Waals surface area contributed by atoms with Crippen LogP contribution in [0, 0.1) is 18.3 Å². The number of nitriles is 1. The van der Waals surface area contributed by atoms with E-state index >= 15 is 0 Å². The lowest BCUT2D eigenvalue weighted by Crippen LogP contribution is -2.22. The van der Waals surface area contributed by atoms with Crippen molar-refractivity contribution in [3.63, 3.8) is 0 Å². The fourth-order valence-electron chi connectivity index (χ4n) is 1.64. The van der Waals surface area contributed by atoms with Crippen molar-refractivity contribution in [1.29, 1.82) is 5.26 Å². The third-order valence-corrected chi connectivity index (χ3v) is 2.43. The second kappa shape index (κ2) is 4.66. The second-order valence-corrected chi connectivity index (χ2v) is 3.29. The fraction of sp³-hybridized carbons (Fsp3) is 0.417. The lowest BCUT2D eigenvalue weighted by atomic mass is 10.1. The average Bonchev–Trinajstić information content (AvgIpc) is 2.22. The summed E-state index contributed by atoms with van der Waals surface area (Å²) in [7, 11) is 0. The minimum atomic E-state index is 0.735. The Balaban J connectivity index is 3.05. The van der Waals surface area contributed by atoms with Gasteiger partial charge in [0, 0.05) is 18.8 Å². The number of anilines is 1. The summed E-state index contributed by atoms with van der Waals surface area (Å²) in [6.07, 6.45) is 0. The summed E-state index contributed by atoms with van der Waals surface area (Å²) < 4.78 is 0. The van der Waals surface area contributed by atoms with Gasteiger partial charge < -0.3 is 4.90 Å². The van der Waals surface area contributed by atoms with E-state index in [-0.39, 0.29) is 0 Å². The highest BCUT2D eigenvalue weighted by atomic mass is 15.1. The van der Waals surface area contributed by atoms with E-state index in [0.717, 1.165) is 18.7 Å². The molecule has 0 saturated carbocycles. The molecule has 0 radical (unpaired) electrons. The largest absolute Gasteiger partial charge is 0.372 e.